The minimum Gasteiger partial charge on any atom is -0.303 e. The Labute approximate surface area is 136 Å². The predicted octanol–water partition coefficient (Wildman–Crippen LogP) is 4.46. The van der Waals surface area contributed by atoms with Gasteiger partial charge < -0.3 is 4.90 Å². The third kappa shape index (κ3) is 3.57. The van der Waals surface area contributed by atoms with E-state index in [1.807, 2.05) is 36.4 Å². The van der Waals surface area contributed by atoms with Crippen LogP contribution in [0.3, 0.4) is 0 Å². The lowest BCUT2D eigenvalue weighted by atomic mass is 9.97. The van der Waals surface area contributed by atoms with Crippen molar-refractivity contribution in [3.8, 4) is 11.1 Å². The van der Waals surface area contributed by atoms with Gasteiger partial charge in [0.1, 0.15) is 0 Å². The predicted molar refractivity (Wildman–Crippen MR) is 91.7 cm³/mol. The van der Waals surface area contributed by atoms with E-state index in [-0.39, 0.29) is 0 Å². The number of hydrogen-bond acceptors (Lipinski definition) is 2. The van der Waals surface area contributed by atoms with Gasteiger partial charge in [0.05, 0.1) is 0 Å². The Morgan fingerprint density at radius 1 is 1.05 bits per heavy atom. The molecule has 0 spiro atoms. The van der Waals surface area contributed by atoms with Crippen LogP contribution in [0.15, 0.2) is 42.5 Å². The van der Waals surface area contributed by atoms with Gasteiger partial charge >= 0.3 is 0 Å². The van der Waals surface area contributed by atoms with Crippen LogP contribution in [-0.4, -0.2) is 30.8 Å². The SMILES string of the molecule is O=Cc1cc(CCN2CCCC2)ccc1-c1ccc(Cl)cc1. The zero-order valence-corrected chi connectivity index (χ0v) is 13.4. The fourth-order valence-corrected chi connectivity index (χ4v) is 3.18. The highest BCUT2D eigenvalue weighted by molar-refractivity contribution is 6.30. The van der Waals surface area contributed by atoms with Crippen molar-refractivity contribution in [2.75, 3.05) is 19.6 Å². The summed E-state index contributed by atoms with van der Waals surface area (Å²) in [5.41, 5.74) is 3.97. The van der Waals surface area contributed by atoms with E-state index < -0.39 is 0 Å². The first-order chi connectivity index (χ1) is 10.8. The maximum Gasteiger partial charge on any atom is 0.150 e. The molecular formula is C19H20ClNO. The standard InChI is InChI=1S/C19H20ClNO/c20-18-6-4-16(5-7-18)19-8-3-15(13-17(19)14-22)9-12-21-10-1-2-11-21/h3-8,13-14H,1-2,9-12H2. The number of likely N-dealkylation sites (tertiary alicyclic amines) is 1. The smallest absolute Gasteiger partial charge is 0.150 e. The molecule has 3 heteroatoms. The molecule has 1 fully saturated rings. The fraction of sp³-hybridized carbons (Fsp3) is 0.316. The second kappa shape index (κ2) is 7.08. The molecule has 1 aliphatic rings. The maximum atomic E-state index is 11.4. The van der Waals surface area contributed by atoms with Gasteiger partial charge in [-0.05, 0) is 67.2 Å². The lowest BCUT2D eigenvalue weighted by molar-refractivity contribution is 0.112. The van der Waals surface area contributed by atoms with Crippen molar-refractivity contribution in [1.82, 2.24) is 4.90 Å². The maximum absolute atomic E-state index is 11.4. The molecule has 2 nitrogen and oxygen atoms in total. The van der Waals surface area contributed by atoms with Crippen molar-refractivity contribution in [1.29, 1.82) is 0 Å². The molecule has 0 unspecified atom stereocenters. The summed E-state index contributed by atoms with van der Waals surface area (Å²) in [7, 11) is 0. The van der Waals surface area contributed by atoms with Crippen molar-refractivity contribution in [3.05, 3.63) is 58.6 Å². The fourth-order valence-electron chi connectivity index (χ4n) is 3.05. The van der Waals surface area contributed by atoms with Crippen LogP contribution in [0, 0.1) is 0 Å². The lowest BCUT2D eigenvalue weighted by Gasteiger charge is -2.15. The summed E-state index contributed by atoms with van der Waals surface area (Å²) < 4.78 is 0. The van der Waals surface area contributed by atoms with E-state index in [1.165, 1.54) is 31.5 Å². The number of halogens is 1. The third-order valence-corrected chi connectivity index (χ3v) is 4.57. The minimum atomic E-state index is 0.707. The van der Waals surface area contributed by atoms with Crippen molar-refractivity contribution in [3.63, 3.8) is 0 Å². The number of carbonyl (C=O) groups excluding carboxylic acids is 1. The van der Waals surface area contributed by atoms with Crippen LogP contribution >= 0.6 is 11.6 Å². The van der Waals surface area contributed by atoms with Gasteiger partial charge in [-0.3, -0.25) is 4.79 Å². The normalized spacial score (nSPS) is 15.1. The van der Waals surface area contributed by atoms with Crippen molar-refractivity contribution in [2.45, 2.75) is 19.3 Å². The number of rotatable bonds is 5. The second-order valence-corrected chi connectivity index (χ2v) is 6.28. The molecule has 0 saturated carbocycles. The van der Waals surface area contributed by atoms with Crippen LogP contribution in [0.4, 0.5) is 0 Å². The van der Waals surface area contributed by atoms with Crippen LogP contribution < -0.4 is 0 Å². The molecule has 1 heterocycles. The number of carbonyl (C=O) groups is 1. The molecule has 22 heavy (non-hydrogen) atoms. The third-order valence-electron chi connectivity index (χ3n) is 4.31. The Bertz CT molecular complexity index is 645. The van der Waals surface area contributed by atoms with E-state index in [2.05, 4.69) is 11.0 Å². The summed E-state index contributed by atoms with van der Waals surface area (Å²) in [6.07, 6.45) is 4.58. The van der Waals surface area contributed by atoms with E-state index in [1.54, 1.807) is 0 Å². The molecule has 1 saturated heterocycles. The zero-order chi connectivity index (χ0) is 15.4. The summed E-state index contributed by atoms with van der Waals surface area (Å²) in [5.74, 6) is 0. The van der Waals surface area contributed by atoms with Gasteiger partial charge in [-0.1, -0.05) is 35.9 Å². The number of aldehydes is 1. The van der Waals surface area contributed by atoms with Gasteiger partial charge in [-0.25, -0.2) is 0 Å². The van der Waals surface area contributed by atoms with Crippen LogP contribution in [0.1, 0.15) is 28.8 Å². The van der Waals surface area contributed by atoms with Gasteiger partial charge in [-0.2, -0.15) is 0 Å². The van der Waals surface area contributed by atoms with E-state index in [0.717, 1.165) is 35.9 Å². The Morgan fingerprint density at radius 2 is 1.77 bits per heavy atom. The van der Waals surface area contributed by atoms with Crippen LogP contribution in [0.5, 0.6) is 0 Å². The largest absolute Gasteiger partial charge is 0.303 e. The van der Waals surface area contributed by atoms with Gasteiger partial charge in [0, 0.05) is 17.1 Å². The first-order valence-electron chi connectivity index (χ1n) is 7.82. The average Bonchev–Trinajstić information content (AvgIpc) is 3.07. The number of nitrogens with zero attached hydrogens (tertiary/aromatic N) is 1. The van der Waals surface area contributed by atoms with Gasteiger partial charge in [0.15, 0.2) is 6.29 Å². The average molecular weight is 314 g/mol. The highest BCUT2D eigenvalue weighted by atomic mass is 35.5. The molecule has 0 radical (unpaired) electrons. The summed E-state index contributed by atoms with van der Waals surface area (Å²) in [4.78, 5) is 13.9. The monoisotopic (exact) mass is 313 g/mol. The molecule has 114 valence electrons. The molecule has 2 aromatic carbocycles. The molecule has 0 aromatic heterocycles. The zero-order valence-electron chi connectivity index (χ0n) is 12.6. The molecule has 0 aliphatic carbocycles. The lowest BCUT2D eigenvalue weighted by Crippen LogP contribution is -2.21. The van der Waals surface area contributed by atoms with Crippen LogP contribution in [0.2, 0.25) is 5.02 Å². The highest BCUT2D eigenvalue weighted by Crippen LogP contribution is 2.25. The Kier molecular flexibility index (Phi) is 4.91. The molecule has 0 bridgehead atoms. The van der Waals surface area contributed by atoms with E-state index >= 15 is 0 Å². The first-order valence-corrected chi connectivity index (χ1v) is 8.20. The molecule has 1 aliphatic heterocycles. The second-order valence-electron chi connectivity index (χ2n) is 5.85. The molecular weight excluding hydrogens is 294 g/mol. The highest BCUT2D eigenvalue weighted by Gasteiger charge is 2.12. The number of hydrogen-bond donors (Lipinski definition) is 0. The van der Waals surface area contributed by atoms with Crippen molar-refractivity contribution < 1.29 is 4.79 Å². The van der Waals surface area contributed by atoms with Gasteiger partial charge in [-0.15, -0.1) is 0 Å². The molecule has 0 amide bonds. The van der Waals surface area contributed by atoms with E-state index in [9.17, 15) is 4.79 Å². The van der Waals surface area contributed by atoms with Gasteiger partial charge in [0.2, 0.25) is 0 Å². The summed E-state index contributed by atoms with van der Waals surface area (Å²) >= 11 is 5.93. The number of benzene rings is 2. The molecule has 0 N–H and O–H groups in total. The van der Waals surface area contributed by atoms with Gasteiger partial charge in [0.25, 0.3) is 0 Å². The summed E-state index contributed by atoms with van der Waals surface area (Å²) in [6, 6.07) is 13.8. The summed E-state index contributed by atoms with van der Waals surface area (Å²) in [6.45, 7) is 3.51. The Morgan fingerprint density at radius 3 is 2.45 bits per heavy atom. The molecule has 3 rings (SSSR count). The van der Waals surface area contributed by atoms with Crippen molar-refractivity contribution in [2.24, 2.45) is 0 Å². The molecule has 2 aromatic rings. The quantitative estimate of drug-likeness (QED) is 0.760. The van der Waals surface area contributed by atoms with Crippen LogP contribution in [-0.2, 0) is 6.42 Å². The van der Waals surface area contributed by atoms with E-state index in [4.69, 9.17) is 11.6 Å². The van der Waals surface area contributed by atoms with Crippen molar-refractivity contribution >= 4 is 17.9 Å². The van der Waals surface area contributed by atoms with Crippen LogP contribution in [0.25, 0.3) is 11.1 Å². The topological polar surface area (TPSA) is 20.3 Å². The first kappa shape index (κ1) is 15.3. The minimum absolute atomic E-state index is 0.707. The molecule has 0 atom stereocenters. The summed E-state index contributed by atoms with van der Waals surface area (Å²) in [5, 5.41) is 0.707. The van der Waals surface area contributed by atoms with E-state index in [0.29, 0.717) is 5.02 Å². The Balaban J connectivity index is 1.77. The Hall–Kier alpha value is -1.64.